The molecule has 0 spiro atoms. The van der Waals surface area contributed by atoms with Crippen LogP contribution in [-0.2, 0) is 16.1 Å². The number of aromatic nitrogens is 1. The Kier molecular flexibility index (Phi) is 9.84. The molecule has 4 aromatic carbocycles. The van der Waals surface area contributed by atoms with Crippen LogP contribution in [0.5, 0.6) is 5.75 Å². The summed E-state index contributed by atoms with van der Waals surface area (Å²) in [6.07, 6.45) is -3.39. The predicted octanol–water partition coefficient (Wildman–Crippen LogP) is 7.94. The van der Waals surface area contributed by atoms with Crippen LogP contribution in [0.15, 0.2) is 99.9 Å². The number of esters is 1. The van der Waals surface area contributed by atoms with Gasteiger partial charge in [0.05, 0.1) is 29.9 Å². The summed E-state index contributed by atoms with van der Waals surface area (Å²) < 4.78 is 57.3. The number of nitrogens with zero attached hydrogens (tertiary/aromatic N) is 2. The van der Waals surface area contributed by atoms with Crippen LogP contribution >= 0.6 is 68.1 Å². The molecule has 0 saturated carbocycles. The lowest BCUT2D eigenvalue weighted by atomic mass is 9.95. The van der Waals surface area contributed by atoms with Crippen molar-refractivity contribution in [2.45, 2.75) is 25.7 Å². The molecule has 240 valence electrons. The highest BCUT2D eigenvalue weighted by molar-refractivity contribution is 14.1. The Bertz CT molecular complexity index is 2220. The average molecular weight is 901 g/mol. The van der Waals surface area contributed by atoms with Crippen molar-refractivity contribution >= 4 is 90.9 Å². The molecule has 0 N–H and O–H groups in total. The van der Waals surface area contributed by atoms with E-state index in [0.29, 0.717) is 22.9 Å². The summed E-state index contributed by atoms with van der Waals surface area (Å²) in [4.78, 5) is 30.6. The molecule has 1 aliphatic rings. The minimum atomic E-state index is -4.99. The summed E-state index contributed by atoms with van der Waals surface area (Å²) in [5.41, 5.74) is -0.838. The van der Waals surface area contributed by atoms with Crippen LogP contribution in [0.3, 0.4) is 0 Å². The number of carbonyl (C=O) groups is 1. The molecule has 6 rings (SSSR count). The molecule has 5 aromatic rings. The van der Waals surface area contributed by atoms with Gasteiger partial charge in [-0.3, -0.25) is 9.36 Å². The summed E-state index contributed by atoms with van der Waals surface area (Å²) in [7, 11) is 0. The Hall–Kier alpha value is -3.21. The van der Waals surface area contributed by atoms with Crippen LogP contribution in [0.4, 0.5) is 13.2 Å². The molecule has 1 aliphatic heterocycles. The van der Waals surface area contributed by atoms with Crippen LogP contribution < -0.4 is 19.6 Å². The maximum Gasteiger partial charge on any atom is 0.434 e. The molecule has 0 radical (unpaired) electrons. The number of benzene rings is 4. The van der Waals surface area contributed by atoms with E-state index >= 15 is 0 Å². The van der Waals surface area contributed by atoms with Crippen LogP contribution in [0.2, 0.25) is 5.02 Å². The predicted molar refractivity (Wildman–Crippen MR) is 192 cm³/mol. The number of fused-ring (bicyclic) bond motifs is 2. The summed E-state index contributed by atoms with van der Waals surface area (Å²) in [6.45, 7) is 1.67. The Morgan fingerprint density at radius 1 is 1.04 bits per heavy atom. The molecule has 6 nitrogen and oxygen atoms in total. The third-order valence-corrected chi connectivity index (χ3v) is 10.2. The quantitative estimate of drug-likeness (QED) is 0.123. The molecule has 1 aromatic heterocycles. The number of thiazole rings is 1. The molecular formula is C34H22ClF3I2N2O4S. The maximum atomic E-state index is 14.4. The fraction of sp³-hybridized carbons (Fsp3) is 0.147. The molecule has 0 saturated heterocycles. The Labute approximate surface area is 302 Å². The first kappa shape index (κ1) is 33.7. The second-order valence-corrected chi connectivity index (χ2v) is 14.1. The van der Waals surface area contributed by atoms with Crippen LogP contribution in [0.25, 0.3) is 16.8 Å². The first-order valence-electron chi connectivity index (χ1n) is 14.1. The second-order valence-electron chi connectivity index (χ2n) is 10.4. The molecule has 0 unspecified atom stereocenters. The third-order valence-electron chi connectivity index (χ3n) is 7.35. The standard InChI is InChI=1S/C34H22ClF3I2N2O4S/c1-2-45-32(44)27-28(20-10-12-22(35)13-11-20)42-31(43)26(47-33(42)41-30(27)34(36,37)38)16-18-14-24(39)29(25(40)15-18)46-17-21-8-5-7-19-6-3-4-9-23(19)21/h3-16,28H,2,17H2,1H3/b26-16-/t28-/m0/s1. The van der Waals surface area contributed by atoms with Crippen molar-refractivity contribution in [1.29, 1.82) is 0 Å². The fourth-order valence-electron chi connectivity index (χ4n) is 5.32. The molecular weight excluding hydrogens is 879 g/mol. The lowest BCUT2D eigenvalue weighted by molar-refractivity contribution is -0.140. The molecule has 2 heterocycles. The molecule has 0 fully saturated rings. The number of hydrogen-bond acceptors (Lipinski definition) is 6. The summed E-state index contributed by atoms with van der Waals surface area (Å²) in [6, 6.07) is 22.3. The van der Waals surface area contributed by atoms with Gasteiger partial charge in [0.25, 0.3) is 5.56 Å². The van der Waals surface area contributed by atoms with Gasteiger partial charge in [-0.05, 0) is 110 Å². The number of carbonyl (C=O) groups excluding carboxylic acids is 1. The van der Waals surface area contributed by atoms with Crippen molar-refractivity contribution in [3.05, 3.63) is 139 Å². The van der Waals surface area contributed by atoms with E-state index in [1.165, 1.54) is 31.2 Å². The molecule has 47 heavy (non-hydrogen) atoms. The average Bonchev–Trinajstić information content (AvgIpc) is 3.34. The molecule has 0 amide bonds. The van der Waals surface area contributed by atoms with Crippen molar-refractivity contribution in [2.75, 3.05) is 6.61 Å². The largest absolute Gasteiger partial charge is 0.487 e. The summed E-state index contributed by atoms with van der Waals surface area (Å²) in [5.74, 6) is -0.532. The minimum absolute atomic E-state index is 0.144. The highest BCUT2D eigenvalue weighted by Crippen LogP contribution is 2.38. The van der Waals surface area contributed by atoms with E-state index in [-0.39, 0.29) is 21.5 Å². The third kappa shape index (κ3) is 6.87. The zero-order valence-corrected chi connectivity index (χ0v) is 30.2. The van der Waals surface area contributed by atoms with Gasteiger partial charge in [0, 0.05) is 5.02 Å². The summed E-state index contributed by atoms with van der Waals surface area (Å²) >= 11 is 11.2. The van der Waals surface area contributed by atoms with Gasteiger partial charge in [-0.1, -0.05) is 77.5 Å². The summed E-state index contributed by atoms with van der Waals surface area (Å²) in [5, 5.41) is 2.56. The normalized spacial score (nSPS) is 15.0. The highest BCUT2D eigenvalue weighted by atomic mass is 127. The van der Waals surface area contributed by atoms with E-state index in [1.807, 2.05) is 54.6 Å². The number of allylic oxidation sites excluding steroid dienone is 1. The zero-order chi connectivity index (χ0) is 33.5. The van der Waals surface area contributed by atoms with Gasteiger partial charge in [-0.15, -0.1) is 0 Å². The Morgan fingerprint density at radius 2 is 1.72 bits per heavy atom. The van der Waals surface area contributed by atoms with Crippen LogP contribution in [0, 0.1) is 7.14 Å². The number of hydrogen-bond donors (Lipinski definition) is 0. The number of halogens is 6. The van der Waals surface area contributed by atoms with Gasteiger partial charge in [0.15, 0.2) is 10.5 Å². The molecule has 13 heteroatoms. The monoisotopic (exact) mass is 900 g/mol. The van der Waals surface area contributed by atoms with Crippen molar-refractivity contribution in [3.63, 3.8) is 0 Å². The zero-order valence-electron chi connectivity index (χ0n) is 24.3. The van der Waals surface area contributed by atoms with Crippen molar-refractivity contribution < 1.29 is 27.4 Å². The van der Waals surface area contributed by atoms with Crippen molar-refractivity contribution in [2.24, 2.45) is 4.99 Å². The lowest BCUT2D eigenvalue weighted by Gasteiger charge is -2.26. The van der Waals surface area contributed by atoms with Crippen molar-refractivity contribution in [1.82, 2.24) is 4.57 Å². The van der Waals surface area contributed by atoms with E-state index in [2.05, 4.69) is 50.2 Å². The topological polar surface area (TPSA) is 69.9 Å². The second kappa shape index (κ2) is 13.7. The maximum absolute atomic E-state index is 14.4. The van der Waals surface area contributed by atoms with Crippen molar-refractivity contribution in [3.8, 4) is 5.75 Å². The highest BCUT2D eigenvalue weighted by Gasteiger charge is 2.45. The molecule has 0 bridgehead atoms. The van der Waals surface area contributed by atoms with Gasteiger partial charge in [-0.25, -0.2) is 9.79 Å². The van der Waals surface area contributed by atoms with Crippen LogP contribution in [-0.4, -0.2) is 23.3 Å². The first-order valence-corrected chi connectivity index (χ1v) is 17.5. The number of rotatable bonds is 7. The Balaban J connectivity index is 1.42. The van der Waals surface area contributed by atoms with Crippen LogP contribution in [0.1, 0.15) is 29.7 Å². The SMILES string of the molecule is CCOC(=O)C1=C(C(F)(F)F)N=c2s/c(=C\c3cc(I)c(OCc4cccc5ccccc45)c(I)c3)c(=O)n2[C@H]1c1ccc(Cl)cc1. The number of alkyl halides is 3. The lowest BCUT2D eigenvalue weighted by Crippen LogP contribution is -2.41. The van der Waals surface area contributed by atoms with E-state index in [9.17, 15) is 22.8 Å². The van der Waals surface area contributed by atoms with E-state index in [1.54, 1.807) is 6.08 Å². The molecule has 1 atom stereocenters. The van der Waals surface area contributed by atoms with Gasteiger partial charge < -0.3 is 9.47 Å². The van der Waals surface area contributed by atoms with Gasteiger partial charge >= 0.3 is 12.1 Å². The van der Waals surface area contributed by atoms with E-state index < -0.39 is 35.0 Å². The minimum Gasteiger partial charge on any atom is -0.487 e. The first-order chi connectivity index (χ1) is 22.5. The fourth-order valence-corrected chi connectivity index (χ4v) is 8.58. The molecule has 0 aliphatic carbocycles. The van der Waals surface area contributed by atoms with Gasteiger partial charge in [-0.2, -0.15) is 13.2 Å². The Morgan fingerprint density at radius 3 is 2.40 bits per heavy atom. The van der Waals surface area contributed by atoms with E-state index in [4.69, 9.17) is 21.1 Å². The number of ether oxygens (including phenoxy) is 2. The van der Waals surface area contributed by atoms with Gasteiger partial charge in [0.1, 0.15) is 12.4 Å². The smallest absolute Gasteiger partial charge is 0.434 e. The van der Waals surface area contributed by atoms with E-state index in [0.717, 1.165) is 39.4 Å². The van der Waals surface area contributed by atoms with Gasteiger partial charge in [0.2, 0.25) is 0 Å².